The van der Waals surface area contributed by atoms with Crippen LogP contribution in [0.4, 0.5) is 25.0 Å². The average Bonchev–Trinajstić information content (AvgIpc) is 3.46. The third kappa shape index (κ3) is 4.67. The molecule has 11 heteroatoms. The van der Waals surface area contributed by atoms with Crippen molar-refractivity contribution in [1.29, 1.82) is 0 Å². The van der Waals surface area contributed by atoms with Crippen molar-refractivity contribution in [2.75, 3.05) is 24.3 Å². The lowest BCUT2D eigenvalue weighted by Gasteiger charge is -2.23. The fourth-order valence-corrected chi connectivity index (χ4v) is 4.27. The molecule has 3 amide bonds. The number of hydrogen-bond donors (Lipinski definition) is 2. The van der Waals surface area contributed by atoms with E-state index in [1.165, 1.54) is 6.07 Å². The Balaban J connectivity index is 1.44. The predicted molar refractivity (Wildman–Crippen MR) is 115 cm³/mol. The molecule has 32 heavy (non-hydrogen) atoms. The van der Waals surface area contributed by atoms with Gasteiger partial charge in [0.05, 0.1) is 13.2 Å². The summed E-state index contributed by atoms with van der Waals surface area (Å²) < 4.78 is 31.6. The normalized spacial score (nSPS) is 15.5. The summed E-state index contributed by atoms with van der Waals surface area (Å²) >= 11 is 1.05. The van der Waals surface area contributed by atoms with Crippen molar-refractivity contribution < 1.29 is 23.1 Å². The van der Waals surface area contributed by atoms with Crippen molar-refractivity contribution in [2.24, 2.45) is 0 Å². The number of carbonyl (C=O) groups is 2. The maximum atomic E-state index is 13.4. The SMILES string of the molecule is COc1cccc(NC(=O)N2CCCC2c2nnc(C(=O)Nc3ccc(F)c(F)c3)s2)c1. The number of halogens is 2. The van der Waals surface area contributed by atoms with Gasteiger partial charge in [-0.15, -0.1) is 10.2 Å². The molecule has 0 spiro atoms. The second-order valence-electron chi connectivity index (χ2n) is 7.04. The minimum Gasteiger partial charge on any atom is -0.497 e. The van der Waals surface area contributed by atoms with Crippen LogP contribution in [-0.4, -0.2) is 40.7 Å². The van der Waals surface area contributed by atoms with Crippen molar-refractivity contribution in [2.45, 2.75) is 18.9 Å². The van der Waals surface area contributed by atoms with Gasteiger partial charge in [-0.2, -0.15) is 0 Å². The topological polar surface area (TPSA) is 96.4 Å². The van der Waals surface area contributed by atoms with Crippen LogP contribution >= 0.6 is 11.3 Å². The number of hydrogen-bond acceptors (Lipinski definition) is 6. The van der Waals surface area contributed by atoms with E-state index in [1.54, 1.807) is 36.3 Å². The van der Waals surface area contributed by atoms with Gasteiger partial charge in [0.25, 0.3) is 5.91 Å². The van der Waals surface area contributed by atoms with Gasteiger partial charge in [0.15, 0.2) is 11.6 Å². The van der Waals surface area contributed by atoms with Gasteiger partial charge in [-0.05, 0) is 37.1 Å². The van der Waals surface area contributed by atoms with Crippen LogP contribution in [0, 0.1) is 11.6 Å². The highest BCUT2D eigenvalue weighted by atomic mass is 32.1. The second-order valence-corrected chi connectivity index (χ2v) is 8.05. The smallest absolute Gasteiger partial charge is 0.322 e. The molecular weight excluding hydrogens is 440 g/mol. The van der Waals surface area contributed by atoms with Gasteiger partial charge in [0.2, 0.25) is 5.01 Å². The van der Waals surface area contributed by atoms with Gasteiger partial charge in [0.1, 0.15) is 10.8 Å². The molecule has 1 unspecified atom stereocenters. The Morgan fingerprint density at radius 2 is 1.91 bits per heavy atom. The Morgan fingerprint density at radius 1 is 1.09 bits per heavy atom. The van der Waals surface area contributed by atoms with E-state index in [2.05, 4.69) is 20.8 Å². The molecule has 1 atom stereocenters. The van der Waals surface area contributed by atoms with Crippen molar-refractivity contribution in [3.63, 3.8) is 0 Å². The van der Waals surface area contributed by atoms with Crippen molar-refractivity contribution in [1.82, 2.24) is 15.1 Å². The number of carbonyl (C=O) groups excluding carboxylic acids is 2. The van der Waals surface area contributed by atoms with Gasteiger partial charge in [0, 0.05) is 30.1 Å². The molecule has 1 fully saturated rings. The molecule has 1 aliphatic heterocycles. The number of rotatable bonds is 5. The maximum Gasteiger partial charge on any atom is 0.322 e. The van der Waals surface area contributed by atoms with Crippen LogP contribution < -0.4 is 15.4 Å². The van der Waals surface area contributed by atoms with Crippen LogP contribution in [0.2, 0.25) is 0 Å². The number of ether oxygens (including phenoxy) is 1. The number of methoxy groups -OCH3 is 1. The Morgan fingerprint density at radius 3 is 2.69 bits per heavy atom. The Bertz CT molecular complexity index is 1160. The first-order chi connectivity index (χ1) is 15.4. The lowest BCUT2D eigenvalue weighted by Crippen LogP contribution is -2.34. The van der Waals surface area contributed by atoms with Crippen LogP contribution in [0.25, 0.3) is 0 Å². The minimum atomic E-state index is -1.07. The largest absolute Gasteiger partial charge is 0.497 e. The zero-order valence-electron chi connectivity index (χ0n) is 17.0. The molecule has 0 radical (unpaired) electrons. The van der Waals surface area contributed by atoms with Gasteiger partial charge in [-0.3, -0.25) is 4.79 Å². The van der Waals surface area contributed by atoms with E-state index in [0.29, 0.717) is 29.4 Å². The lowest BCUT2D eigenvalue weighted by atomic mass is 10.2. The predicted octanol–water partition coefficient (Wildman–Crippen LogP) is 4.45. The third-order valence-electron chi connectivity index (χ3n) is 4.93. The van der Waals surface area contributed by atoms with Gasteiger partial charge in [-0.1, -0.05) is 17.4 Å². The monoisotopic (exact) mass is 459 g/mol. The number of nitrogens with one attached hydrogen (secondary N) is 2. The molecule has 166 valence electrons. The maximum absolute atomic E-state index is 13.4. The van der Waals surface area contributed by atoms with E-state index >= 15 is 0 Å². The van der Waals surface area contributed by atoms with Gasteiger partial charge < -0.3 is 20.3 Å². The Kier molecular flexibility index (Phi) is 6.26. The van der Waals surface area contributed by atoms with Crippen LogP contribution in [0.15, 0.2) is 42.5 Å². The molecule has 1 saturated heterocycles. The van der Waals surface area contributed by atoms with Crippen LogP contribution in [0.5, 0.6) is 5.75 Å². The van der Waals surface area contributed by atoms with Crippen LogP contribution in [0.1, 0.15) is 33.7 Å². The molecule has 0 bridgehead atoms. The molecule has 0 aliphatic carbocycles. The summed E-state index contributed by atoms with van der Waals surface area (Å²) in [5.74, 6) is -2.04. The van der Waals surface area contributed by atoms with Crippen LogP contribution in [-0.2, 0) is 0 Å². The van der Waals surface area contributed by atoms with E-state index < -0.39 is 17.5 Å². The molecule has 3 aromatic rings. The zero-order chi connectivity index (χ0) is 22.7. The van der Waals surface area contributed by atoms with E-state index in [4.69, 9.17) is 4.74 Å². The summed E-state index contributed by atoms with van der Waals surface area (Å²) in [6.45, 7) is 0.538. The van der Waals surface area contributed by atoms with Crippen molar-refractivity contribution in [3.8, 4) is 5.75 Å². The summed E-state index contributed by atoms with van der Waals surface area (Å²) in [4.78, 5) is 26.9. The number of benzene rings is 2. The van der Waals surface area contributed by atoms with E-state index in [0.717, 1.165) is 29.9 Å². The quantitative estimate of drug-likeness (QED) is 0.588. The van der Waals surface area contributed by atoms with E-state index in [9.17, 15) is 18.4 Å². The molecule has 4 rings (SSSR count). The first-order valence-corrected chi connectivity index (χ1v) is 10.6. The number of nitrogens with zero attached hydrogens (tertiary/aromatic N) is 3. The molecule has 2 N–H and O–H groups in total. The highest BCUT2D eigenvalue weighted by Crippen LogP contribution is 2.34. The highest BCUT2D eigenvalue weighted by Gasteiger charge is 2.33. The fraction of sp³-hybridized carbons (Fsp3) is 0.238. The second kappa shape index (κ2) is 9.27. The first-order valence-electron chi connectivity index (χ1n) is 9.76. The fourth-order valence-electron chi connectivity index (χ4n) is 3.38. The lowest BCUT2D eigenvalue weighted by molar-refractivity contribution is 0.102. The Hall–Kier alpha value is -3.60. The highest BCUT2D eigenvalue weighted by molar-refractivity contribution is 7.13. The van der Waals surface area contributed by atoms with Crippen molar-refractivity contribution >= 4 is 34.6 Å². The number of likely N-dealkylation sites (tertiary alicyclic amines) is 1. The summed E-state index contributed by atoms with van der Waals surface area (Å²) in [7, 11) is 1.55. The molecule has 0 saturated carbocycles. The molecule has 2 heterocycles. The van der Waals surface area contributed by atoms with Gasteiger partial charge >= 0.3 is 6.03 Å². The van der Waals surface area contributed by atoms with Crippen LogP contribution in [0.3, 0.4) is 0 Å². The number of aromatic nitrogens is 2. The number of amides is 3. The third-order valence-corrected chi connectivity index (χ3v) is 5.96. The number of urea groups is 1. The first kappa shape index (κ1) is 21.6. The molecule has 1 aliphatic rings. The molecule has 1 aromatic heterocycles. The summed E-state index contributed by atoms with van der Waals surface area (Å²) in [5.41, 5.74) is 0.703. The van der Waals surface area contributed by atoms with Crippen molar-refractivity contribution in [3.05, 3.63) is 64.1 Å². The minimum absolute atomic E-state index is 0.0600. The average molecular weight is 459 g/mol. The van der Waals surface area contributed by atoms with E-state index in [1.807, 2.05) is 0 Å². The Labute approximate surface area is 186 Å². The summed E-state index contributed by atoms with van der Waals surface area (Å²) in [6, 6.07) is 9.49. The zero-order valence-corrected chi connectivity index (χ0v) is 17.8. The summed E-state index contributed by atoms with van der Waals surface area (Å²) in [6.07, 6.45) is 1.47. The molecular formula is C21H19F2N5O3S. The van der Waals surface area contributed by atoms with E-state index in [-0.39, 0.29) is 22.8 Å². The standard InChI is InChI=1S/C21H19F2N5O3S/c1-31-14-5-2-4-12(10-14)25-21(30)28-9-3-6-17(28)19-26-27-20(32-19)18(29)24-13-7-8-15(22)16(23)11-13/h2,4-5,7-8,10-11,17H,3,6,9H2,1H3,(H,24,29)(H,25,30). The number of anilines is 2. The summed E-state index contributed by atoms with van der Waals surface area (Å²) in [5, 5.41) is 13.9. The van der Waals surface area contributed by atoms with Gasteiger partial charge in [-0.25, -0.2) is 13.6 Å². The molecule has 2 aromatic carbocycles. The molecule has 8 nitrogen and oxygen atoms in total.